The first-order valence-electron chi connectivity index (χ1n) is 11.5. The summed E-state index contributed by atoms with van der Waals surface area (Å²) in [6.45, 7) is 12.3. The Morgan fingerprint density at radius 3 is 2.38 bits per heavy atom. The van der Waals surface area contributed by atoms with Crippen LogP contribution in [-0.4, -0.2) is 48.6 Å². The summed E-state index contributed by atoms with van der Waals surface area (Å²) in [7, 11) is 0. The van der Waals surface area contributed by atoms with Gasteiger partial charge in [0.05, 0.1) is 29.0 Å². The van der Waals surface area contributed by atoms with Crippen molar-refractivity contribution in [3.05, 3.63) is 54.9 Å². The number of piperazine rings is 1. The van der Waals surface area contributed by atoms with E-state index in [2.05, 4.69) is 50.7 Å². The quantitative estimate of drug-likeness (QED) is 0.545. The molecule has 3 aromatic rings. The van der Waals surface area contributed by atoms with Gasteiger partial charge < -0.3 is 20.9 Å². The Kier molecular flexibility index (Phi) is 11.0. The maximum absolute atomic E-state index is 12.4. The third-order valence-electron chi connectivity index (χ3n) is 4.55. The molecule has 0 bridgehead atoms. The van der Waals surface area contributed by atoms with E-state index < -0.39 is 0 Å². The number of para-hydroxylation sites is 2. The van der Waals surface area contributed by atoms with E-state index in [0.29, 0.717) is 5.69 Å². The van der Waals surface area contributed by atoms with Gasteiger partial charge in [-0.15, -0.1) is 0 Å². The van der Waals surface area contributed by atoms with Gasteiger partial charge >= 0.3 is 0 Å². The largest absolute Gasteiger partial charge is 0.374 e. The minimum Gasteiger partial charge on any atom is -0.374 e. The number of carbonyl (C=O) groups excluding carboxylic acids is 1. The third kappa shape index (κ3) is 7.50. The van der Waals surface area contributed by atoms with Crippen molar-refractivity contribution in [2.75, 3.05) is 48.3 Å². The molecule has 3 N–H and O–H groups in total. The van der Waals surface area contributed by atoms with Gasteiger partial charge in [0, 0.05) is 44.3 Å². The van der Waals surface area contributed by atoms with Gasteiger partial charge in [-0.1, -0.05) is 46.2 Å². The second-order valence-corrected chi connectivity index (χ2v) is 7.12. The van der Waals surface area contributed by atoms with Gasteiger partial charge in [0.25, 0.3) is 0 Å². The van der Waals surface area contributed by atoms with Crippen LogP contribution in [0.15, 0.2) is 54.9 Å². The molecule has 0 saturated carbocycles. The summed E-state index contributed by atoms with van der Waals surface area (Å²) in [4.78, 5) is 23.2. The zero-order valence-electron chi connectivity index (χ0n) is 19.7. The molecule has 0 radical (unpaired) electrons. The number of amides is 1. The summed E-state index contributed by atoms with van der Waals surface area (Å²) >= 11 is 0. The van der Waals surface area contributed by atoms with Crippen LogP contribution in [0, 0.1) is 0 Å². The van der Waals surface area contributed by atoms with E-state index in [-0.39, 0.29) is 12.5 Å². The summed E-state index contributed by atoms with van der Waals surface area (Å²) in [5, 5.41) is 9.53. The molecule has 2 aromatic carbocycles. The lowest BCUT2D eigenvalue weighted by atomic mass is 10.2. The molecule has 4 rings (SSSR count). The molecule has 7 nitrogen and oxygen atoms in total. The number of nitrogens with one attached hydrogen (secondary N) is 3. The lowest BCUT2D eigenvalue weighted by molar-refractivity contribution is -0.114. The summed E-state index contributed by atoms with van der Waals surface area (Å²) in [5.74, 6) is -0.103. The number of aromatic nitrogens is 2. The Morgan fingerprint density at radius 2 is 1.66 bits per heavy atom. The first-order chi connectivity index (χ1) is 15.7. The lowest BCUT2D eigenvalue weighted by Gasteiger charge is -2.31. The van der Waals surface area contributed by atoms with E-state index in [4.69, 9.17) is 0 Å². The Morgan fingerprint density at radius 1 is 1.00 bits per heavy atom. The molecule has 1 aliphatic rings. The fourth-order valence-corrected chi connectivity index (χ4v) is 3.23. The average molecular weight is 437 g/mol. The highest BCUT2D eigenvalue weighted by Crippen LogP contribution is 2.25. The minimum absolute atomic E-state index is 0.103. The van der Waals surface area contributed by atoms with E-state index in [9.17, 15) is 4.79 Å². The molecule has 0 atom stereocenters. The SMILES string of the molecule is CC.CCC.O=C(CNc1ccccc1N1CCNCC1)Nc1ccc2nccnc2c1. The summed E-state index contributed by atoms with van der Waals surface area (Å²) < 4.78 is 0. The summed E-state index contributed by atoms with van der Waals surface area (Å²) in [5.41, 5.74) is 4.38. The predicted octanol–water partition coefficient (Wildman–Crippen LogP) is 4.53. The van der Waals surface area contributed by atoms with Crippen LogP contribution in [0.4, 0.5) is 17.1 Å². The molecule has 7 heteroatoms. The highest BCUT2D eigenvalue weighted by molar-refractivity contribution is 5.95. The van der Waals surface area contributed by atoms with Crippen molar-refractivity contribution in [3.8, 4) is 0 Å². The second kappa shape index (κ2) is 14.0. The minimum atomic E-state index is -0.103. The van der Waals surface area contributed by atoms with E-state index in [1.54, 1.807) is 12.4 Å². The highest BCUT2D eigenvalue weighted by Gasteiger charge is 2.14. The van der Waals surface area contributed by atoms with Gasteiger partial charge in [0.1, 0.15) is 0 Å². The number of anilines is 3. The summed E-state index contributed by atoms with van der Waals surface area (Å²) in [6, 6.07) is 13.6. The van der Waals surface area contributed by atoms with Gasteiger partial charge in [-0.05, 0) is 30.3 Å². The van der Waals surface area contributed by atoms with Crippen molar-refractivity contribution in [3.63, 3.8) is 0 Å². The fourth-order valence-electron chi connectivity index (χ4n) is 3.23. The number of carbonyl (C=O) groups is 1. The van der Waals surface area contributed by atoms with Crippen LogP contribution >= 0.6 is 0 Å². The zero-order valence-corrected chi connectivity index (χ0v) is 19.7. The predicted molar refractivity (Wildman–Crippen MR) is 135 cm³/mol. The smallest absolute Gasteiger partial charge is 0.243 e. The number of benzene rings is 2. The number of fused-ring (bicyclic) bond motifs is 1. The topological polar surface area (TPSA) is 82.2 Å². The Bertz CT molecular complexity index is 956. The van der Waals surface area contributed by atoms with Crippen molar-refractivity contribution in [2.45, 2.75) is 34.1 Å². The van der Waals surface area contributed by atoms with Crippen molar-refractivity contribution >= 4 is 34.0 Å². The standard InChI is InChI=1S/C20H22N6O.C3H8.C2H6/c27-20(25-15-5-6-16-18(13-15)23-8-7-22-16)14-24-17-3-1-2-4-19(17)26-11-9-21-10-12-26;1-3-2;1-2/h1-8,13,21,24H,9-12,14H2,(H,25,27);3H2,1-2H3;1-2H3. The van der Waals surface area contributed by atoms with Crippen molar-refractivity contribution in [1.82, 2.24) is 15.3 Å². The van der Waals surface area contributed by atoms with Crippen LogP contribution < -0.4 is 20.9 Å². The lowest BCUT2D eigenvalue weighted by Crippen LogP contribution is -2.43. The zero-order chi connectivity index (χ0) is 23.2. The molecule has 1 aliphatic heterocycles. The Hall–Kier alpha value is -3.19. The second-order valence-electron chi connectivity index (χ2n) is 7.12. The molecular weight excluding hydrogens is 400 g/mol. The number of hydrogen-bond donors (Lipinski definition) is 3. The molecule has 1 fully saturated rings. The maximum atomic E-state index is 12.4. The first kappa shape index (κ1) is 25.1. The van der Waals surface area contributed by atoms with E-state index in [1.807, 2.05) is 50.2 Å². The molecule has 0 aliphatic carbocycles. The third-order valence-corrected chi connectivity index (χ3v) is 4.55. The number of nitrogens with zero attached hydrogens (tertiary/aromatic N) is 3. The van der Waals surface area contributed by atoms with Gasteiger partial charge in [-0.2, -0.15) is 0 Å². The van der Waals surface area contributed by atoms with Crippen LogP contribution in [0.2, 0.25) is 0 Å². The normalized spacial score (nSPS) is 12.7. The van der Waals surface area contributed by atoms with Crippen LogP contribution in [-0.2, 0) is 4.79 Å². The number of hydrogen-bond acceptors (Lipinski definition) is 6. The fraction of sp³-hybridized carbons (Fsp3) is 0.400. The number of rotatable bonds is 5. The monoisotopic (exact) mass is 436 g/mol. The molecule has 0 unspecified atom stereocenters. The van der Waals surface area contributed by atoms with Crippen molar-refractivity contribution < 1.29 is 4.79 Å². The Balaban J connectivity index is 0.000000671. The van der Waals surface area contributed by atoms with Crippen LogP contribution in [0.1, 0.15) is 34.1 Å². The summed E-state index contributed by atoms with van der Waals surface area (Å²) in [6.07, 6.45) is 4.54. The molecular formula is C25H36N6O. The van der Waals surface area contributed by atoms with Crippen molar-refractivity contribution in [1.29, 1.82) is 0 Å². The molecule has 0 spiro atoms. The van der Waals surface area contributed by atoms with Crippen LogP contribution in [0.25, 0.3) is 11.0 Å². The molecule has 172 valence electrons. The van der Waals surface area contributed by atoms with Crippen molar-refractivity contribution in [2.24, 2.45) is 0 Å². The van der Waals surface area contributed by atoms with E-state index >= 15 is 0 Å². The Labute approximate surface area is 191 Å². The first-order valence-corrected chi connectivity index (χ1v) is 11.5. The molecule has 32 heavy (non-hydrogen) atoms. The average Bonchev–Trinajstić information content (AvgIpc) is 2.85. The van der Waals surface area contributed by atoms with Gasteiger partial charge in [-0.25, -0.2) is 0 Å². The van der Waals surface area contributed by atoms with E-state index in [1.165, 1.54) is 6.42 Å². The highest BCUT2D eigenvalue weighted by atomic mass is 16.1. The van der Waals surface area contributed by atoms with E-state index in [0.717, 1.165) is 48.6 Å². The van der Waals surface area contributed by atoms with Gasteiger partial charge in [0.2, 0.25) is 5.91 Å². The van der Waals surface area contributed by atoms with Crippen LogP contribution in [0.5, 0.6) is 0 Å². The molecule has 1 aromatic heterocycles. The van der Waals surface area contributed by atoms with Gasteiger partial charge in [0.15, 0.2) is 0 Å². The maximum Gasteiger partial charge on any atom is 0.243 e. The molecule has 1 amide bonds. The van der Waals surface area contributed by atoms with Gasteiger partial charge in [-0.3, -0.25) is 14.8 Å². The molecule has 1 saturated heterocycles. The van der Waals surface area contributed by atoms with Crippen LogP contribution in [0.3, 0.4) is 0 Å². The molecule has 2 heterocycles.